The van der Waals surface area contributed by atoms with Gasteiger partial charge in [0.1, 0.15) is 0 Å². The molecule has 2 rings (SSSR count). The topological polar surface area (TPSA) is 44.4 Å². The van der Waals surface area contributed by atoms with Crippen molar-refractivity contribution in [1.82, 2.24) is 15.5 Å². The quantitative estimate of drug-likeness (QED) is 0.721. The smallest absolute Gasteiger partial charge is 0.237 e. The Bertz CT molecular complexity index is 318. The van der Waals surface area contributed by atoms with Crippen LogP contribution in [-0.4, -0.2) is 48.6 Å². The third-order valence-corrected chi connectivity index (χ3v) is 5.18. The van der Waals surface area contributed by atoms with Crippen LogP contribution in [0.1, 0.15) is 59.3 Å². The molecule has 1 aliphatic carbocycles. The lowest BCUT2D eigenvalue weighted by Crippen LogP contribution is -2.51. The first-order valence-electron chi connectivity index (χ1n) is 8.91. The number of carbonyl (C=O) groups is 1. The van der Waals surface area contributed by atoms with Gasteiger partial charge in [-0.1, -0.05) is 13.8 Å². The molecule has 2 N–H and O–H groups in total. The first-order valence-corrected chi connectivity index (χ1v) is 8.91. The molecular weight excluding hydrogens is 262 g/mol. The minimum absolute atomic E-state index is 0.0166. The van der Waals surface area contributed by atoms with Gasteiger partial charge in [-0.05, 0) is 71.0 Å². The molecule has 21 heavy (non-hydrogen) atoms. The number of likely N-dealkylation sites (tertiary alicyclic amines) is 1. The van der Waals surface area contributed by atoms with Gasteiger partial charge in [-0.15, -0.1) is 0 Å². The molecule has 0 aromatic heterocycles. The van der Waals surface area contributed by atoms with Gasteiger partial charge in [0.15, 0.2) is 0 Å². The summed E-state index contributed by atoms with van der Waals surface area (Å²) in [6, 6.07) is 1.16. The molecule has 4 nitrogen and oxygen atoms in total. The second-order valence-corrected chi connectivity index (χ2v) is 6.86. The molecule has 1 saturated carbocycles. The highest BCUT2D eigenvalue weighted by atomic mass is 16.2. The van der Waals surface area contributed by atoms with Gasteiger partial charge in [0, 0.05) is 12.1 Å². The zero-order chi connectivity index (χ0) is 15.2. The SMILES string of the molecule is CCC(CC)NC(=O)C(C)N1CCC(CNC2CC2)CC1. The van der Waals surface area contributed by atoms with Gasteiger partial charge in [0.25, 0.3) is 0 Å². The van der Waals surface area contributed by atoms with E-state index in [1.165, 1.54) is 32.2 Å². The number of carbonyl (C=O) groups excluding carboxylic acids is 1. The Morgan fingerprint density at radius 1 is 1.14 bits per heavy atom. The maximum absolute atomic E-state index is 12.3. The van der Waals surface area contributed by atoms with E-state index in [-0.39, 0.29) is 11.9 Å². The number of amides is 1. The number of rotatable bonds is 8. The first kappa shape index (κ1) is 16.8. The summed E-state index contributed by atoms with van der Waals surface area (Å²) in [6.45, 7) is 9.63. The molecule has 0 aromatic rings. The average Bonchev–Trinajstić information content (AvgIpc) is 3.34. The minimum atomic E-state index is 0.0166. The third-order valence-electron chi connectivity index (χ3n) is 5.18. The Hall–Kier alpha value is -0.610. The molecule has 1 heterocycles. The highest BCUT2D eigenvalue weighted by Gasteiger charge is 2.28. The lowest BCUT2D eigenvalue weighted by atomic mass is 9.95. The van der Waals surface area contributed by atoms with Crippen molar-refractivity contribution in [3.63, 3.8) is 0 Å². The average molecular weight is 295 g/mol. The van der Waals surface area contributed by atoms with Crippen LogP contribution >= 0.6 is 0 Å². The van der Waals surface area contributed by atoms with E-state index in [0.29, 0.717) is 6.04 Å². The van der Waals surface area contributed by atoms with Crippen LogP contribution in [0.4, 0.5) is 0 Å². The van der Waals surface area contributed by atoms with E-state index >= 15 is 0 Å². The van der Waals surface area contributed by atoms with Gasteiger partial charge in [-0.25, -0.2) is 0 Å². The first-order chi connectivity index (χ1) is 10.1. The van der Waals surface area contributed by atoms with Crippen molar-refractivity contribution in [2.75, 3.05) is 19.6 Å². The molecule has 0 spiro atoms. The molecule has 1 amide bonds. The maximum atomic E-state index is 12.3. The van der Waals surface area contributed by atoms with E-state index in [0.717, 1.165) is 37.9 Å². The number of piperidine rings is 1. The van der Waals surface area contributed by atoms with Gasteiger partial charge in [-0.2, -0.15) is 0 Å². The molecule has 1 aliphatic heterocycles. The van der Waals surface area contributed by atoms with Crippen LogP contribution in [0.5, 0.6) is 0 Å². The summed E-state index contributed by atoms with van der Waals surface area (Å²) >= 11 is 0. The van der Waals surface area contributed by atoms with Crippen LogP contribution in [0.25, 0.3) is 0 Å². The van der Waals surface area contributed by atoms with E-state index in [2.05, 4.69) is 36.3 Å². The maximum Gasteiger partial charge on any atom is 0.237 e. The number of hydrogen-bond acceptors (Lipinski definition) is 3. The van der Waals surface area contributed by atoms with Crippen LogP contribution in [0.3, 0.4) is 0 Å². The van der Waals surface area contributed by atoms with Crippen molar-refractivity contribution in [2.45, 2.75) is 77.4 Å². The number of nitrogens with one attached hydrogen (secondary N) is 2. The summed E-state index contributed by atoms with van der Waals surface area (Å²) in [5.74, 6) is 1.01. The lowest BCUT2D eigenvalue weighted by Gasteiger charge is -2.36. The van der Waals surface area contributed by atoms with Gasteiger partial charge in [-0.3, -0.25) is 9.69 Å². The molecule has 0 aromatic carbocycles. The van der Waals surface area contributed by atoms with Crippen LogP contribution < -0.4 is 10.6 Å². The summed E-state index contributed by atoms with van der Waals surface area (Å²) in [5, 5.41) is 6.82. The summed E-state index contributed by atoms with van der Waals surface area (Å²) < 4.78 is 0. The van der Waals surface area contributed by atoms with Gasteiger partial charge >= 0.3 is 0 Å². The summed E-state index contributed by atoms with van der Waals surface area (Å²) in [5.41, 5.74) is 0. The number of nitrogens with zero attached hydrogens (tertiary/aromatic N) is 1. The Balaban J connectivity index is 1.68. The molecule has 122 valence electrons. The van der Waals surface area contributed by atoms with Crippen molar-refractivity contribution in [3.05, 3.63) is 0 Å². The Kier molecular flexibility index (Phi) is 6.49. The zero-order valence-electron chi connectivity index (χ0n) is 14.0. The van der Waals surface area contributed by atoms with Crippen LogP contribution in [0.2, 0.25) is 0 Å². The van der Waals surface area contributed by atoms with E-state index in [1.54, 1.807) is 0 Å². The predicted octanol–water partition coefficient (Wildman–Crippen LogP) is 2.14. The lowest BCUT2D eigenvalue weighted by molar-refractivity contribution is -0.127. The van der Waals surface area contributed by atoms with E-state index in [4.69, 9.17) is 0 Å². The molecule has 1 saturated heterocycles. The standard InChI is InChI=1S/C17H33N3O/c1-4-15(5-2)19-17(21)13(3)20-10-8-14(9-11-20)12-18-16-6-7-16/h13-16,18H,4-12H2,1-3H3,(H,19,21). The van der Waals surface area contributed by atoms with Crippen molar-refractivity contribution < 1.29 is 4.79 Å². The van der Waals surface area contributed by atoms with E-state index < -0.39 is 0 Å². The van der Waals surface area contributed by atoms with Crippen LogP contribution in [0.15, 0.2) is 0 Å². The van der Waals surface area contributed by atoms with Crippen molar-refractivity contribution in [1.29, 1.82) is 0 Å². The van der Waals surface area contributed by atoms with Gasteiger partial charge < -0.3 is 10.6 Å². The molecule has 0 bridgehead atoms. The largest absolute Gasteiger partial charge is 0.352 e. The normalized spacial score (nSPS) is 22.5. The highest BCUT2D eigenvalue weighted by Crippen LogP contribution is 2.22. The summed E-state index contributed by atoms with van der Waals surface area (Å²) in [4.78, 5) is 14.7. The molecular formula is C17H33N3O. The molecule has 2 fully saturated rings. The van der Waals surface area contributed by atoms with Crippen molar-refractivity contribution in [2.24, 2.45) is 5.92 Å². The molecule has 4 heteroatoms. The van der Waals surface area contributed by atoms with Gasteiger partial charge in [0.05, 0.1) is 6.04 Å². The Morgan fingerprint density at radius 2 is 1.76 bits per heavy atom. The summed E-state index contributed by atoms with van der Waals surface area (Å²) in [7, 11) is 0. The Labute approximate surface area is 130 Å². The second-order valence-electron chi connectivity index (χ2n) is 6.86. The predicted molar refractivity (Wildman–Crippen MR) is 87.3 cm³/mol. The van der Waals surface area contributed by atoms with E-state index in [9.17, 15) is 4.79 Å². The van der Waals surface area contributed by atoms with E-state index in [1.807, 2.05) is 0 Å². The molecule has 2 aliphatic rings. The van der Waals surface area contributed by atoms with Crippen LogP contribution in [-0.2, 0) is 4.79 Å². The molecule has 1 atom stereocenters. The fourth-order valence-electron chi connectivity index (χ4n) is 3.15. The van der Waals surface area contributed by atoms with Crippen LogP contribution in [0, 0.1) is 5.92 Å². The fraction of sp³-hybridized carbons (Fsp3) is 0.941. The third kappa shape index (κ3) is 5.26. The number of hydrogen-bond donors (Lipinski definition) is 2. The second kappa shape index (κ2) is 8.14. The Morgan fingerprint density at radius 3 is 2.29 bits per heavy atom. The highest BCUT2D eigenvalue weighted by molar-refractivity contribution is 5.81. The molecule has 1 unspecified atom stereocenters. The van der Waals surface area contributed by atoms with Crippen molar-refractivity contribution in [3.8, 4) is 0 Å². The fourth-order valence-corrected chi connectivity index (χ4v) is 3.15. The molecule has 0 radical (unpaired) electrons. The zero-order valence-corrected chi connectivity index (χ0v) is 14.0. The van der Waals surface area contributed by atoms with Crippen molar-refractivity contribution >= 4 is 5.91 Å². The monoisotopic (exact) mass is 295 g/mol. The van der Waals surface area contributed by atoms with Gasteiger partial charge in [0.2, 0.25) is 5.91 Å². The minimum Gasteiger partial charge on any atom is -0.352 e. The summed E-state index contributed by atoms with van der Waals surface area (Å²) in [6.07, 6.45) is 7.22.